The minimum absolute atomic E-state index is 0.0000376. The van der Waals surface area contributed by atoms with Gasteiger partial charge >= 0.3 is 6.61 Å². The predicted octanol–water partition coefficient (Wildman–Crippen LogP) is 3.57. The summed E-state index contributed by atoms with van der Waals surface area (Å²) in [5, 5.41) is 16.2. The SMILES string of the molecule is NC(=O)c1cc(-c2csc(=NC3CC3)n2N=Cc2ccccc2OC(F)F)ccc1O. The maximum absolute atomic E-state index is 12.7. The number of ether oxygens (including phenoxy) is 1. The number of hydrogen-bond donors (Lipinski definition) is 2. The van der Waals surface area contributed by atoms with Gasteiger partial charge in [0.1, 0.15) is 11.5 Å². The number of amides is 1. The standard InChI is InChI=1S/C21H18F2N4O3S/c22-20(23)30-18-4-2-1-3-13(18)10-25-27-16(11-31-21(27)26-14-6-7-14)12-5-8-17(28)15(9-12)19(24)29/h1-5,8-11,14,20,28H,6-7H2,(H2,24,29). The Balaban J connectivity index is 1.79. The lowest BCUT2D eigenvalue weighted by atomic mass is 10.1. The number of primary amides is 1. The van der Waals surface area contributed by atoms with Gasteiger partial charge in [0.05, 0.1) is 23.5 Å². The van der Waals surface area contributed by atoms with Crippen LogP contribution in [0.5, 0.6) is 11.5 Å². The Morgan fingerprint density at radius 2 is 2.06 bits per heavy atom. The van der Waals surface area contributed by atoms with Crippen LogP contribution in [0.2, 0.25) is 0 Å². The van der Waals surface area contributed by atoms with Gasteiger partial charge in [0.2, 0.25) is 4.80 Å². The largest absolute Gasteiger partial charge is 0.507 e. The second-order valence-corrected chi connectivity index (χ2v) is 7.67. The van der Waals surface area contributed by atoms with Gasteiger partial charge in [-0.2, -0.15) is 13.9 Å². The Labute approximate surface area is 179 Å². The minimum Gasteiger partial charge on any atom is -0.507 e. The number of rotatable bonds is 7. The van der Waals surface area contributed by atoms with Gasteiger partial charge < -0.3 is 15.6 Å². The number of carbonyl (C=O) groups excluding carboxylic acids is 1. The van der Waals surface area contributed by atoms with Crippen LogP contribution >= 0.6 is 11.3 Å². The molecule has 2 aromatic carbocycles. The molecule has 0 saturated heterocycles. The highest BCUT2D eigenvalue weighted by atomic mass is 32.1. The fraction of sp³-hybridized carbons (Fsp3) is 0.190. The molecular weight excluding hydrogens is 426 g/mol. The van der Waals surface area contributed by atoms with E-state index in [4.69, 9.17) is 5.73 Å². The van der Waals surface area contributed by atoms with E-state index in [9.17, 15) is 18.7 Å². The first-order chi connectivity index (χ1) is 14.9. The zero-order chi connectivity index (χ0) is 22.0. The van der Waals surface area contributed by atoms with Crippen molar-refractivity contribution in [3.05, 3.63) is 63.8 Å². The van der Waals surface area contributed by atoms with Crippen LogP contribution in [0, 0.1) is 0 Å². The number of hydrogen-bond acceptors (Lipinski definition) is 6. The quantitative estimate of drug-likeness (QED) is 0.545. The van der Waals surface area contributed by atoms with Crippen LogP contribution in [-0.4, -0.2) is 34.6 Å². The molecule has 1 amide bonds. The summed E-state index contributed by atoms with van der Waals surface area (Å²) in [7, 11) is 0. The lowest BCUT2D eigenvalue weighted by Crippen LogP contribution is -2.14. The molecule has 0 bridgehead atoms. The molecule has 1 heterocycles. The van der Waals surface area contributed by atoms with Crippen molar-refractivity contribution in [2.75, 3.05) is 0 Å². The smallest absolute Gasteiger partial charge is 0.387 e. The van der Waals surface area contributed by atoms with E-state index < -0.39 is 12.5 Å². The van der Waals surface area contributed by atoms with Crippen molar-refractivity contribution in [3.8, 4) is 22.8 Å². The van der Waals surface area contributed by atoms with Crippen molar-refractivity contribution in [3.63, 3.8) is 0 Å². The molecule has 0 unspecified atom stereocenters. The second-order valence-electron chi connectivity index (χ2n) is 6.83. The summed E-state index contributed by atoms with van der Waals surface area (Å²) < 4.78 is 31.5. The Bertz CT molecular complexity index is 1220. The highest BCUT2D eigenvalue weighted by Crippen LogP contribution is 2.28. The summed E-state index contributed by atoms with van der Waals surface area (Å²) in [6, 6.07) is 11.0. The van der Waals surface area contributed by atoms with Crippen LogP contribution in [0.25, 0.3) is 11.3 Å². The van der Waals surface area contributed by atoms with E-state index in [1.54, 1.807) is 28.9 Å². The molecule has 1 aliphatic rings. The van der Waals surface area contributed by atoms with Crippen LogP contribution in [0.4, 0.5) is 8.78 Å². The van der Waals surface area contributed by atoms with Crippen molar-refractivity contribution in [2.45, 2.75) is 25.5 Å². The maximum Gasteiger partial charge on any atom is 0.387 e. The van der Waals surface area contributed by atoms with E-state index in [1.165, 1.54) is 35.8 Å². The fourth-order valence-electron chi connectivity index (χ4n) is 2.86. The van der Waals surface area contributed by atoms with E-state index in [-0.39, 0.29) is 23.1 Å². The lowest BCUT2D eigenvalue weighted by molar-refractivity contribution is -0.0499. The molecule has 160 valence electrons. The van der Waals surface area contributed by atoms with Gasteiger partial charge in [0.15, 0.2) is 0 Å². The molecule has 0 aliphatic heterocycles. The molecule has 4 rings (SSSR count). The fourth-order valence-corrected chi connectivity index (χ4v) is 3.77. The molecule has 10 heteroatoms. The summed E-state index contributed by atoms with van der Waals surface area (Å²) >= 11 is 1.36. The van der Waals surface area contributed by atoms with Gasteiger partial charge in [0, 0.05) is 16.5 Å². The monoisotopic (exact) mass is 444 g/mol. The molecule has 3 N–H and O–H groups in total. The third-order valence-corrected chi connectivity index (χ3v) is 5.36. The number of phenols is 1. The van der Waals surface area contributed by atoms with Gasteiger partial charge in [-0.1, -0.05) is 12.1 Å². The summed E-state index contributed by atoms with van der Waals surface area (Å²) in [5.41, 5.74) is 6.89. The van der Waals surface area contributed by atoms with Crippen LogP contribution in [0.3, 0.4) is 0 Å². The molecule has 0 radical (unpaired) electrons. The van der Waals surface area contributed by atoms with Crippen LogP contribution in [-0.2, 0) is 0 Å². The average molecular weight is 444 g/mol. The summed E-state index contributed by atoms with van der Waals surface area (Å²) in [6.07, 6.45) is 3.40. The zero-order valence-electron chi connectivity index (χ0n) is 16.1. The summed E-state index contributed by atoms with van der Waals surface area (Å²) in [5.74, 6) is -0.979. The van der Waals surface area contributed by atoms with Crippen molar-refractivity contribution in [2.24, 2.45) is 15.8 Å². The predicted molar refractivity (Wildman–Crippen MR) is 113 cm³/mol. The third kappa shape index (κ3) is 4.80. The van der Waals surface area contributed by atoms with E-state index in [0.29, 0.717) is 21.6 Å². The number of alkyl halides is 2. The number of nitrogens with zero attached hydrogens (tertiary/aromatic N) is 3. The number of aromatic hydroxyl groups is 1. The molecule has 0 atom stereocenters. The molecule has 7 nitrogen and oxygen atoms in total. The van der Waals surface area contributed by atoms with E-state index in [1.807, 2.05) is 5.38 Å². The van der Waals surface area contributed by atoms with Gasteiger partial charge in [-0.05, 0) is 43.2 Å². The molecular formula is C21H18F2N4O3S. The van der Waals surface area contributed by atoms with Gasteiger partial charge in [0.25, 0.3) is 5.91 Å². The Kier molecular flexibility index (Phi) is 5.81. The molecule has 1 aromatic heterocycles. The minimum atomic E-state index is -2.96. The van der Waals surface area contributed by atoms with Crippen LogP contribution in [0.15, 0.2) is 57.9 Å². The summed E-state index contributed by atoms with van der Waals surface area (Å²) in [6.45, 7) is -2.96. The molecule has 0 spiro atoms. The number of nitrogens with two attached hydrogens (primary N) is 1. The highest BCUT2D eigenvalue weighted by molar-refractivity contribution is 7.07. The average Bonchev–Trinajstić information content (AvgIpc) is 3.46. The van der Waals surface area contributed by atoms with Crippen molar-refractivity contribution in [1.82, 2.24) is 4.68 Å². The number of carbonyl (C=O) groups is 1. The number of halogens is 2. The number of para-hydroxylation sites is 1. The van der Waals surface area contributed by atoms with E-state index >= 15 is 0 Å². The Hall–Kier alpha value is -3.53. The Morgan fingerprint density at radius 1 is 1.29 bits per heavy atom. The van der Waals surface area contributed by atoms with Crippen molar-refractivity contribution >= 4 is 23.5 Å². The number of aromatic nitrogens is 1. The maximum atomic E-state index is 12.7. The van der Waals surface area contributed by atoms with Gasteiger partial charge in [-0.3, -0.25) is 9.79 Å². The van der Waals surface area contributed by atoms with E-state index in [2.05, 4.69) is 14.8 Å². The lowest BCUT2D eigenvalue weighted by Gasteiger charge is -2.08. The highest BCUT2D eigenvalue weighted by Gasteiger charge is 2.21. The first kappa shape index (κ1) is 20.7. The topological polar surface area (TPSA) is 102 Å². The third-order valence-electron chi connectivity index (χ3n) is 4.53. The van der Waals surface area contributed by atoms with E-state index in [0.717, 1.165) is 12.8 Å². The number of benzene rings is 2. The molecule has 1 fully saturated rings. The van der Waals surface area contributed by atoms with Gasteiger partial charge in [-0.25, -0.2) is 4.68 Å². The first-order valence-corrected chi connectivity index (χ1v) is 10.3. The van der Waals surface area contributed by atoms with Crippen molar-refractivity contribution in [1.29, 1.82) is 0 Å². The normalized spacial score (nSPS) is 14.5. The zero-order valence-corrected chi connectivity index (χ0v) is 16.9. The summed E-state index contributed by atoms with van der Waals surface area (Å²) in [4.78, 5) is 16.9. The Morgan fingerprint density at radius 3 is 2.77 bits per heavy atom. The molecule has 31 heavy (non-hydrogen) atoms. The van der Waals surface area contributed by atoms with Crippen LogP contribution in [0.1, 0.15) is 28.8 Å². The van der Waals surface area contributed by atoms with Crippen LogP contribution < -0.4 is 15.3 Å². The molecule has 1 aliphatic carbocycles. The van der Waals surface area contributed by atoms with Gasteiger partial charge in [-0.15, -0.1) is 11.3 Å². The molecule has 1 saturated carbocycles. The first-order valence-electron chi connectivity index (χ1n) is 9.38. The van der Waals surface area contributed by atoms with Crippen molar-refractivity contribution < 1.29 is 23.4 Å². The second kappa shape index (κ2) is 8.68. The molecule has 3 aromatic rings. The number of thiazole rings is 1.